The first kappa shape index (κ1) is 5.65. The molecule has 10 heavy (non-hydrogen) atoms. The number of nitrogens with zero attached hydrogens (tertiary/aromatic N) is 3. The third-order valence-corrected chi connectivity index (χ3v) is 1.76. The van der Waals surface area contributed by atoms with E-state index in [1.54, 1.807) is 6.33 Å². The number of aromatic nitrogens is 2. The summed E-state index contributed by atoms with van der Waals surface area (Å²) in [6, 6.07) is 0. The van der Waals surface area contributed by atoms with Crippen LogP contribution in [0.1, 0.15) is 18.3 Å². The molecule has 0 spiro atoms. The highest BCUT2D eigenvalue weighted by atomic mass is 15.4. The molecule has 1 aromatic rings. The molecular weight excluding hydrogens is 126 g/mol. The number of imidazole rings is 1. The Morgan fingerprint density at radius 3 is 3.00 bits per heavy atom. The molecule has 1 aliphatic rings. The zero-order valence-electron chi connectivity index (χ0n) is 6.13. The summed E-state index contributed by atoms with van der Waals surface area (Å²) in [5.74, 6) is 0. The standard InChI is InChI=1S/C7H9N3/c1-5-3-7-6(2)8-4-10(7)9-5/h4H,3H2,1-2H3. The monoisotopic (exact) mass is 135 g/mol. The lowest BCUT2D eigenvalue weighted by Gasteiger charge is -1.88. The Morgan fingerprint density at radius 2 is 2.30 bits per heavy atom. The average Bonchev–Trinajstić information content (AvgIpc) is 2.35. The summed E-state index contributed by atoms with van der Waals surface area (Å²) >= 11 is 0. The Morgan fingerprint density at radius 1 is 1.50 bits per heavy atom. The van der Waals surface area contributed by atoms with E-state index in [0.717, 1.165) is 12.1 Å². The van der Waals surface area contributed by atoms with Crippen molar-refractivity contribution < 1.29 is 0 Å². The number of rotatable bonds is 0. The van der Waals surface area contributed by atoms with Gasteiger partial charge in [-0.3, -0.25) is 0 Å². The predicted octanol–water partition coefficient (Wildman–Crippen LogP) is 0.972. The van der Waals surface area contributed by atoms with Crippen molar-refractivity contribution in [3.63, 3.8) is 0 Å². The molecule has 52 valence electrons. The van der Waals surface area contributed by atoms with Gasteiger partial charge in [-0.2, -0.15) is 5.10 Å². The van der Waals surface area contributed by atoms with E-state index in [2.05, 4.69) is 10.1 Å². The van der Waals surface area contributed by atoms with Gasteiger partial charge in [0.1, 0.15) is 6.33 Å². The Bertz CT molecular complexity index is 296. The SMILES string of the molecule is CC1=Nn2cnc(C)c2C1. The van der Waals surface area contributed by atoms with Crippen LogP contribution in [-0.4, -0.2) is 15.4 Å². The van der Waals surface area contributed by atoms with E-state index < -0.39 is 0 Å². The van der Waals surface area contributed by atoms with Crippen LogP contribution < -0.4 is 0 Å². The number of fused-ring (bicyclic) bond motifs is 1. The van der Waals surface area contributed by atoms with Crippen LogP contribution in [0, 0.1) is 6.92 Å². The van der Waals surface area contributed by atoms with Crippen molar-refractivity contribution in [1.29, 1.82) is 0 Å². The number of hydrogen-bond acceptors (Lipinski definition) is 2. The molecule has 0 N–H and O–H groups in total. The third-order valence-electron chi connectivity index (χ3n) is 1.76. The molecule has 0 radical (unpaired) electrons. The summed E-state index contributed by atoms with van der Waals surface area (Å²) in [7, 11) is 0. The van der Waals surface area contributed by atoms with Gasteiger partial charge in [0.25, 0.3) is 0 Å². The first-order valence-electron chi connectivity index (χ1n) is 3.34. The molecule has 0 amide bonds. The van der Waals surface area contributed by atoms with Gasteiger partial charge >= 0.3 is 0 Å². The Balaban J connectivity index is 2.56. The lowest BCUT2D eigenvalue weighted by Crippen LogP contribution is -1.91. The van der Waals surface area contributed by atoms with Crippen LogP contribution in [0.3, 0.4) is 0 Å². The van der Waals surface area contributed by atoms with E-state index in [1.165, 1.54) is 11.4 Å². The van der Waals surface area contributed by atoms with Gasteiger partial charge in [-0.15, -0.1) is 0 Å². The van der Waals surface area contributed by atoms with Crippen molar-refractivity contribution in [3.8, 4) is 0 Å². The van der Waals surface area contributed by atoms with Gasteiger partial charge in [-0.25, -0.2) is 9.66 Å². The molecule has 1 aromatic heterocycles. The molecule has 1 aliphatic heterocycles. The van der Waals surface area contributed by atoms with Crippen LogP contribution >= 0.6 is 0 Å². The molecular formula is C7H9N3. The molecule has 2 heterocycles. The maximum absolute atomic E-state index is 4.24. The zero-order chi connectivity index (χ0) is 7.14. The molecule has 0 aliphatic carbocycles. The fraction of sp³-hybridized carbons (Fsp3) is 0.429. The van der Waals surface area contributed by atoms with Gasteiger partial charge < -0.3 is 0 Å². The minimum absolute atomic E-state index is 0.964. The molecule has 0 aromatic carbocycles. The second-order valence-corrected chi connectivity index (χ2v) is 2.63. The maximum Gasteiger partial charge on any atom is 0.117 e. The Kier molecular flexibility index (Phi) is 0.952. The highest BCUT2D eigenvalue weighted by Crippen LogP contribution is 2.13. The minimum Gasteiger partial charge on any atom is -0.240 e. The molecule has 0 saturated heterocycles. The largest absolute Gasteiger partial charge is 0.240 e. The highest BCUT2D eigenvalue weighted by molar-refractivity contribution is 5.85. The van der Waals surface area contributed by atoms with Crippen molar-refractivity contribution in [2.75, 3.05) is 0 Å². The number of hydrogen-bond donors (Lipinski definition) is 0. The van der Waals surface area contributed by atoms with E-state index >= 15 is 0 Å². The summed E-state index contributed by atoms with van der Waals surface area (Å²) in [5, 5.41) is 4.24. The van der Waals surface area contributed by atoms with Gasteiger partial charge in [0, 0.05) is 12.1 Å². The van der Waals surface area contributed by atoms with Crippen LogP contribution in [0.4, 0.5) is 0 Å². The summed E-state index contributed by atoms with van der Waals surface area (Å²) in [6.45, 7) is 4.05. The van der Waals surface area contributed by atoms with Gasteiger partial charge in [-0.1, -0.05) is 0 Å². The fourth-order valence-corrected chi connectivity index (χ4v) is 1.21. The zero-order valence-corrected chi connectivity index (χ0v) is 6.13. The van der Waals surface area contributed by atoms with Gasteiger partial charge in [0.15, 0.2) is 0 Å². The number of aryl methyl sites for hydroxylation is 1. The lowest BCUT2D eigenvalue weighted by molar-refractivity contribution is 0.869. The molecule has 0 atom stereocenters. The lowest BCUT2D eigenvalue weighted by atomic mass is 10.2. The van der Waals surface area contributed by atoms with E-state index in [1.807, 2.05) is 18.5 Å². The fourth-order valence-electron chi connectivity index (χ4n) is 1.21. The maximum atomic E-state index is 4.24. The first-order valence-corrected chi connectivity index (χ1v) is 3.34. The first-order chi connectivity index (χ1) is 4.77. The quantitative estimate of drug-likeness (QED) is 0.521. The van der Waals surface area contributed by atoms with Gasteiger partial charge in [-0.05, 0) is 13.8 Å². The van der Waals surface area contributed by atoms with Crippen LogP contribution in [0.25, 0.3) is 0 Å². The second kappa shape index (κ2) is 1.68. The second-order valence-electron chi connectivity index (χ2n) is 2.63. The minimum atomic E-state index is 0.964. The average molecular weight is 135 g/mol. The summed E-state index contributed by atoms with van der Waals surface area (Å²) in [5.41, 5.74) is 3.50. The topological polar surface area (TPSA) is 30.2 Å². The van der Waals surface area contributed by atoms with Crippen LogP contribution in [0.5, 0.6) is 0 Å². The van der Waals surface area contributed by atoms with E-state index in [9.17, 15) is 0 Å². The summed E-state index contributed by atoms with van der Waals surface area (Å²) in [6.07, 6.45) is 2.73. The molecule has 0 saturated carbocycles. The van der Waals surface area contributed by atoms with Crippen molar-refractivity contribution >= 4 is 5.71 Å². The predicted molar refractivity (Wildman–Crippen MR) is 39.2 cm³/mol. The normalized spacial score (nSPS) is 15.2. The summed E-state index contributed by atoms with van der Waals surface area (Å²) in [4.78, 5) is 4.13. The van der Waals surface area contributed by atoms with Crippen LogP contribution in [0.15, 0.2) is 11.4 Å². The van der Waals surface area contributed by atoms with E-state index in [0.29, 0.717) is 0 Å². The van der Waals surface area contributed by atoms with Crippen molar-refractivity contribution in [2.45, 2.75) is 20.3 Å². The third kappa shape index (κ3) is 0.602. The molecule has 0 bridgehead atoms. The molecule has 0 fully saturated rings. The van der Waals surface area contributed by atoms with E-state index in [-0.39, 0.29) is 0 Å². The van der Waals surface area contributed by atoms with Crippen molar-refractivity contribution in [3.05, 3.63) is 17.7 Å². The van der Waals surface area contributed by atoms with E-state index in [4.69, 9.17) is 0 Å². The Labute approximate surface area is 59.4 Å². The van der Waals surface area contributed by atoms with Crippen molar-refractivity contribution in [2.24, 2.45) is 5.10 Å². The smallest absolute Gasteiger partial charge is 0.117 e. The molecule has 3 heteroatoms. The summed E-state index contributed by atoms with van der Waals surface area (Å²) < 4.78 is 1.85. The molecule has 2 rings (SSSR count). The highest BCUT2D eigenvalue weighted by Gasteiger charge is 2.13. The van der Waals surface area contributed by atoms with Gasteiger partial charge in [0.2, 0.25) is 0 Å². The Hall–Kier alpha value is -1.12. The molecule has 0 unspecified atom stereocenters. The van der Waals surface area contributed by atoms with Gasteiger partial charge in [0.05, 0.1) is 11.4 Å². The molecule has 3 nitrogen and oxygen atoms in total. The van der Waals surface area contributed by atoms with Crippen molar-refractivity contribution in [1.82, 2.24) is 9.66 Å². The van der Waals surface area contributed by atoms with Crippen LogP contribution in [0.2, 0.25) is 0 Å². The van der Waals surface area contributed by atoms with Crippen LogP contribution in [-0.2, 0) is 6.42 Å².